The second kappa shape index (κ2) is 6.07. The molecule has 1 aliphatic heterocycles. The van der Waals surface area contributed by atoms with Crippen molar-refractivity contribution in [2.75, 3.05) is 34.4 Å². The molecule has 112 valence electrons. The number of carbonyl (C=O) groups is 1. The predicted octanol–water partition coefficient (Wildman–Crippen LogP) is 1.63. The van der Waals surface area contributed by atoms with Gasteiger partial charge in [0.2, 0.25) is 0 Å². The van der Waals surface area contributed by atoms with E-state index < -0.39 is 11.4 Å². The number of hydrogen-bond donors (Lipinski definition) is 0. The van der Waals surface area contributed by atoms with Crippen molar-refractivity contribution in [2.24, 2.45) is 0 Å². The third kappa shape index (κ3) is 3.81. The number of rotatable bonds is 3. The van der Waals surface area contributed by atoms with Gasteiger partial charge in [0.15, 0.2) is 5.79 Å². The van der Waals surface area contributed by atoms with Crippen LogP contribution in [0.2, 0.25) is 0 Å². The molecule has 0 bridgehead atoms. The van der Waals surface area contributed by atoms with E-state index in [-0.39, 0.29) is 12.2 Å². The molecule has 0 aromatic heterocycles. The summed E-state index contributed by atoms with van der Waals surface area (Å²) in [5, 5.41) is 0. The van der Waals surface area contributed by atoms with Gasteiger partial charge >= 0.3 is 6.09 Å². The zero-order valence-corrected chi connectivity index (χ0v) is 12.7. The molecule has 0 aromatic carbocycles. The summed E-state index contributed by atoms with van der Waals surface area (Å²) in [5.74, 6) is -0.798. The molecule has 1 rings (SSSR count). The lowest BCUT2D eigenvalue weighted by Crippen LogP contribution is -2.59. The van der Waals surface area contributed by atoms with Crippen molar-refractivity contribution in [3.63, 3.8) is 0 Å². The van der Waals surface area contributed by atoms with Crippen molar-refractivity contribution < 1.29 is 23.7 Å². The zero-order valence-electron chi connectivity index (χ0n) is 12.7. The van der Waals surface area contributed by atoms with Gasteiger partial charge in [-0.3, -0.25) is 0 Å². The van der Waals surface area contributed by atoms with Gasteiger partial charge < -0.3 is 23.8 Å². The summed E-state index contributed by atoms with van der Waals surface area (Å²) < 4.78 is 21.6. The SMILES string of the molecule is COC1CN(C(=O)OC(C)(C)C)CCC1(OC)OC. The van der Waals surface area contributed by atoms with E-state index in [2.05, 4.69) is 0 Å². The average molecular weight is 275 g/mol. The third-order valence-corrected chi connectivity index (χ3v) is 3.23. The number of hydrogen-bond acceptors (Lipinski definition) is 5. The summed E-state index contributed by atoms with van der Waals surface area (Å²) in [5.41, 5.74) is -0.503. The van der Waals surface area contributed by atoms with Gasteiger partial charge in [-0.05, 0) is 20.8 Å². The molecule has 0 spiro atoms. The minimum Gasteiger partial charge on any atom is -0.444 e. The summed E-state index contributed by atoms with van der Waals surface area (Å²) in [4.78, 5) is 13.7. The highest BCUT2D eigenvalue weighted by atomic mass is 16.7. The lowest BCUT2D eigenvalue weighted by Gasteiger charge is -2.44. The van der Waals surface area contributed by atoms with Crippen LogP contribution in [-0.2, 0) is 18.9 Å². The molecule has 6 nitrogen and oxygen atoms in total. The Morgan fingerprint density at radius 1 is 1.21 bits per heavy atom. The molecule has 1 atom stereocenters. The molecule has 19 heavy (non-hydrogen) atoms. The van der Waals surface area contributed by atoms with Gasteiger partial charge in [-0.15, -0.1) is 0 Å². The maximum atomic E-state index is 12.0. The van der Waals surface area contributed by atoms with Crippen LogP contribution in [0.25, 0.3) is 0 Å². The largest absolute Gasteiger partial charge is 0.444 e. The van der Waals surface area contributed by atoms with Gasteiger partial charge in [0.25, 0.3) is 0 Å². The fraction of sp³-hybridized carbons (Fsp3) is 0.923. The number of amides is 1. The molecule has 0 N–H and O–H groups in total. The Bertz CT molecular complexity index is 309. The molecule has 0 radical (unpaired) electrons. The Morgan fingerprint density at radius 3 is 2.21 bits per heavy atom. The number of carbonyl (C=O) groups excluding carboxylic acids is 1. The first-order valence-corrected chi connectivity index (χ1v) is 6.39. The van der Waals surface area contributed by atoms with Crippen molar-refractivity contribution in [2.45, 2.75) is 44.7 Å². The average Bonchev–Trinajstić information content (AvgIpc) is 2.35. The summed E-state index contributed by atoms with van der Waals surface area (Å²) in [7, 11) is 4.74. The Kier molecular flexibility index (Phi) is 5.18. The first kappa shape index (κ1) is 16.2. The molecule has 0 aromatic rings. The number of methoxy groups -OCH3 is 3. The van der Waals surface area contributed by atoms with Gasteiger partial charge in [0.05, 0.1) is 6.54 Å². The van der Waals surface area contributed by atoms with Crippen LogP contribution in [0.4, 0.5) is 4.79 Å². The summed E-state index contributed by atoms with van der Waals surface area (Å²) >= 11 is 0. The second-order valence-electron chi connectivity index (χ2n) is 5.62. The molecule has 0 aliphatic carbocycles. The maximum Gasteiger partial charge on any atom is 0.410 e. The van der Waals surface area contributed by atoms with E-state index in [0.717, 1.165) is 0 Å². The summed E-state index contributed by atoms with van der Waals surface area (Å²) in [6.45, 7) is 6.43. The molecule has 6 heteroatoms. The standard InChI is InChI=1S/C13H25NO5/c1-12(2,3)19-11(15)14-8-7-13(17-5,18-6)10(9-14)16-4/h10H,7-9H2,1-6H3. The molecular weight excluding hydrogens is 250 g/mol. The number of ether oxygens (including phenoxy) is 4. The smallest absolute Gasteiger partial charge is 0.410 e. The van der Waals surface area contributed by atoms with Crippen LogP contribution in [0.3, 0.4) is 0 Å². The van der Waals surface area contributed by atoms with E-state index in [1.807, 2.05) is 20.8 Å². The first-order chi connectivity index (χ1) is 8.78. The summed E-state index contributed by atoms with van der Waals surface area (Å²) in [6, 6.07) is 0. The Hall–Kier alpha value is -0.850. The fourth-order valence-corrected chi connectivity index (χ4v) is 2.18. The van der Waals surface area contributed by atoms with Crippen molar-refractivity contribution in [3.8, 4) is 0 Å². The van der Waals surface area contributed by atoms with Crippen LogP contribution < -0.4 is 0 Å². The minimum absolute atomic E-state index is 0.338. The van der Waals surface area contributed by atoms with Gasteiger partial charge in [-0.1, -0.05) is 0 Å². The van der Waals surface area contributed by atoms with Crippen molar-refractivity contribution in [3.05, 3.63) is 0 Å². The van der Waals surface area contributed by atoms with Gasteiger partial charge in [-0.2, -0.15) is 0 Å². The molecular formula is C13H25NO5. The minimum atomic E-state index is -0.798. The molecule has 1 heterocycles. The quantitative estimate of drug-likeness (QED) is 0.733. The van der Waals surface area contributed by atoms with E-state index in [9.17, 15) is 4.79 Å². The van der Waals surface area contributed by atoms with Crippen molar-refractivity contribution in [1.29, 1.82) is 0 Å². The van der Waals surface area contributed by atoms with E-state index >= 15 is 0 Å². The van der Waals surface area contributed by atoms with Crippen LogP contribution in [0.15, 0.2) is 0 Å². The number of piperidine rings is 1. The van der Waals surface area contributed by atoms with E-state index in [4.69, 9.17) is 18.9 Å². The van der Waals surface area contributed by atoms with E-state index in [0.29, 0.717) is 19.5 Å². The Balaban J connectivity index is 2.72. The van der Waals surface area contributed by atoms with Crippen LogP contribution >= 0.6 is 0 Å². The monoisotopic (exact) mass is 275 g/mol. The highest BCUT2D eigenvalue weighted by Crippen LogP contribution is 2.29. The normalized spacial score (nSPS) is 23.3. The van der Waals surface area contributed by atoms with Crippen molar-refractivity contribution >= 4 is 6.09 Å². The van der Waals surface area contributed by atoms with E-state index in [1.165, 1.54) is 0 Å². The molecule has 1 amide bonds. The highest BCUT2D eigenvalue weighted by molar-refractivity contribution is 5.68. The van der Waals surface area contributed by atoms with Gasteiger partial charge in [0.1, 0.15) is 11.7 Å². The van der Waals surface area contributed by atoms with Crippen molar-refractivity contribution in [1.82, 2.24) is 4.90 Å². The topological polar surface area (TPSA) is 57.2 Å². The molecule has 1 fully saturated rings. The molecule has 0 saturated carbocycles. The Labute approximate surface area is 114 Å². The molecule has 1 unspecified atom stereocenters. The lowest BCUT2D eigenvalue weighted by atomic mass is 10.0. The fourth-order valence-electron chi connectivity index (χ4n) is 2.18. The van der Waals surface area contributed by atoms with Crippen LogP contribution in [0.5, 0.6) is 0 Å². The summed E-state index contributed by atoms with van der Waals surface area (Å²) in [6.07, 6.45) is -0.142. The second-order valence-corrected chi connectivity index (χ2v) is 5.62. The predicted molar refractivity (Wildman–Crippen MR) is 70.0 cm³/mol. The zero-order chi connectivity index (χ0) is 14.7. The van der Waals surface area contributed by atoms with Crippen LogP contribution in [0, 0.1) is 0 Å². The molecule has 1 aliphatic rings. The third-order valence-electron chi connectivity index (χ3n) is 3.23. The Morgan fingerprint density at radius 2 is 1.79 bits per heavy atom. The number of likely N-dealkylation sites (tertiary alicyclic amines) is 1. The van der Waals surface area contributed by atoms with Crippen LogP contribution in [-0.4, -0.2) is 62.9 Å². The van der Waals surface area contributed by atoms with Crippen LogP contribution in [0.1, 0.15) is 27.2 Å². The lowest BCUT2D eigenvalue weighted by molar-refractivity contribution is -0.282. The van der Waals surface area contributed by atoms with Gasteiger partial charge in [0, 0.05) is 34.3 Å². The van der Waals surface area contributed by atoms with Gasteiger partial charge in [-0.25, -0.2) is 4.79 Å². The first-order valence-electron chi connectivity index (χ1n) is 6.39. The molecule has 1 saturated heterocycles. The number of nitrogens with zero attached hydrogens (tertiary/aromatic N) is 1. The van der Waals surface area contributed by atoms with E-state index in [1.54, 1.807) is 26.2 Å². The maximum absolute atomic E-state index is 12.0. The highest BCUT2D eigenvalue weighted by Gasteiger charge is 2.46.